The Morgan fingerprint density at radius 3 is 2.66 bits per heavy atom. The first-order chi connectivity index (χ1) is 14.9. The van der Waals surface area contributed by atoms with Gasteiger partial charge in [0.25, 0.3) is 0 Å². The third-order valence-corrected chi connectivity index (χ3v) is 6.08. The van der Waals surface area contributed by atoms with Crippen molar-refractivity contribution in [1.29, 1.82) is 0 Å². The first-order valence-electron chi connectivity index (χ1n) is 10.3. The summed E-state index contributed by atoms with van der Waals surface area (Å²) in [6.07, 6.45) is -0.252. The Bertz CT molecular complexity index is 1130. The van der Waals surface area contributed by atoms with Crippen LogP contribution in [-0.4, -0.2) is 51.8 Å². The molecule has 4 rings (SSSR count). The van der Waals surface area contributed by atoms with Gasteiger partial charge in [0.1, 0.15) is 5.56 Å². The number of nitrogens with zero attached hydrogens (tertiary/aromatic N) is 5. The third kappa shape index (κ3) is 4.54. The fourth-order valence-electron chi connectivity index (χ4n) is 3.83. The summed E-state index contributed by atoms with van der Waals surface area (Å²) in [6, 6.07) is 3.52. The summed E-state index contributed by atoms with van der Waals surface area (Å²) < 4.78 is 44.2. The Morgan fingerprint density at radius 1 is 1.28 bits per heavy atom. The van der Waals surface area contributed by atoms with E-state index in [1.807, 2.05) is 0 Å². The number of hydrogen-bond acceptors (Lipinski definition) is 6. The molecule has 32 heavy (non-hydrogen) atoms. The summed E-state index contributed by atoms with van der Waals surface area (Å²) in [5.74, 6) is 0.556. The first kappa shape index (κ1) is 22.8. The number of piperidine rings is 1. The zero-order chi connectivity index (χ0) is 23.3. The second kappa shape index (κ2) is 8.18. The number of halogens is 4. The van der Waals surface area contributed by atoms with Crippen molar-refractivity contribution in [3.8, 4) is 11.3 Å². The van der Waals surface area contributed by atoms with Crippen LogP contribution in [-0.2, 0) is 6.18 Å². The summed E-state index contributed by atoms with van der Waals surface area (Å²) in [5.41, 5.74) is -0.223. The number of pyridine rings is 1. The van der Waals surface area contributed by atoms with Crippen molar-refractivity contribution in [2.24, 2.45) is 0 Å². The van der Waals surface area contributed by atoms with Crippen molar-refractivity contribution in [2.75, 3.05) is 30.9 Å². The standard InChI is InChI=1S/C21H25BrF3N7/c1-20(2)8-7-13(9-27-20)28-19-26-10-14(21(23,24)25)17(29-19)16-15-6-5-12(22)11-32(15)30-18(16)31(3)4/h5-6,10-11,13,27H,7-9H2,1-4H3,(H,26,28,29)/t13-/m0/s1. The van der Waals surface area contributed by atoms with Crippen LogP contribution >= 0.6 is 15.9 Å². The SMILES string of the molecule is CN(C)c1nn2cc(Br)ccc2c1-c1nc(N[C@H]2CCC(C)(C)NC2)ncc1C(F)(F)F. The van der Waals surface area contributed by atoms with Crippen molar-refractivity contribution in [1.82, 2.24) is 24.9 Å². The van der Waals surface area contributed by atoms with Crippen molar-refractivity contribution in [3.05, 3.63) is 34.6 Å². The number of aromatic nitrogens is 4. The van der Waals surface area contributed by atoms with E-state index in [9.17, 15) is 13.2 Å². The molecule has 172 valence electrons. The maximum Gasteiger partial charge on any atom is 0.420 e. The monoisotopic (exact) mass is 511 g/mol. The van der Waals surface area contributed by atoms with Crippen LogP contribution in [0.3, 0.4) is 0 Å². The molecule has 1 aliphatic heterocycles. The van der Waals surface area contributed by atoms with Gasteiger partial charge in [0.05, 0.1) is 16.8 Å². The molecule has 3 aromatic heterocycles. The lowest BCUT2D eigenvalue weighted by Crippen LogP contribution is -2.50. The number of rotatable bonds is 4. The Kier molecular flexibility index (Phi) is 5.83. The van der Waals surface area contributed by atoms with Gasteiger partial charge in [-0.25, -0.2) is 14.5 Å². The molecule has 0 saturated carbocycles. The molecule has 0 spiro atoms. The summed E-state index contributed by atoms with van der Waals surface area (Å²) in [4.78, 5) is 10.0. The molecular weight excluding hydrogens is 487 g/mol. The van der Waals surface area contributed by atoms with E-state index in [4.69, 9.17) is 0 Å². The van der Waals surface area contributed by atoms with Crippen LogP contribution in [0.15, 0.2) is 29.0 Å². The average Bonchev–Trinajstić information content (AvgIpc) is 3.07. The van der Waals surface area contributed by atoms with E-state index in [0.29, 0.717) is 23.4 Å². The highest BCUT2D eigenvalue weighted by molar-refractivity contribution is 9.10. The molecule has 0 bridgehead atoms. The molecule has 4 heterocycles. The van der Waals surface area contributed by atoms with Crippen LogP contribution in [0.25, 0.3) is 16.8 Å². The van der Waals surface area contributed by atoms with Gasteiger partial charge in [-0.3, -0.25) is 0 Å². The quantitative estimate of drug-likeness (QED) is 0.534. The highest BCUT2D eigenvalue weighted by atomic mass is 79.9. The molecule has 1 atom stereocenters. The van der Waals surface area contributed by atoms with Gasteiger partial charge in [-0.05, 0) is 54.8 Å². The van der Waals surface area contributed by atoms with Crippen molar-refractivity contribution >= 4 is 33.2 Å². The molecule has 0 amide bonds. The molecular formula is C21H25BrF3N7. The van der Waals surface area contributed by atoms with Crippen molar-refractivity contribution in [3.63, 3.8) is 0 Å². The summed E-state index contributed by atoms with van der Waals surface area (Å²) in [5, 5.41) is 11.1. The molecule has 0 unspecified atom stereocenters. The third-order valence-electron chi connectivity index (χ3n) is 5.61. The van der Waals surface area contributed by atoms with Crippen molar-refractivity contribution < 1.29 is 13.2 Å². The normalized spacial score (nSPS) is 18.7. The minimum absolute atomic E-state index is 0.0285. The molecule has 1 saturated heterocycles. The highest BCUT2D eigenvalue weighted by Crippen LogP contribution is 2.41. The van der Waals surface area contributed by atoms with E-state index in [1.54, 1.807) is 41.8 Å². The van der Waals surface area contributed by atoms with Gasteiger partial charge < -0.3 is 15.5 Å². The summed E-state index contributed by atoms with van der Waals surface area (Å²) in [6.45, 7) is 4.94. The van der Waals surface area contributed by atoms with Crippen molar-refractivity contribution in [2.45, 2.75) is 44.4 Å². The van der Waals surface area contributed by atoms with Gasteiger partial charge in [0.15, 0.2) is 5.82 Å². The van der Waals surface area contributed by atoms with E-state index < -0.39 is 11.7 Å². The van der Waals surface area contributed by atoms with Crippen LogP contribution in [0, 0.1) is 0 Å². The fraction of sp³-hybridized carbons (Fsp3) is 0.476. The zero-order valence-corrected chi connectivity index (χ0v) is 19.8. The zero-order valence-electron chi connectivity index (χ0n) is 18.3. The molecule has 11 heteroatoms. The maximum atomic E-state index is 14.0. The van der Waals surface area contributed by atoms with Gasteiger partial charge in [0, 0.05) is 49.1 Å². The molecule has 0 aromatic carbocycles. The van der Waals surface area contributed by atoms with Gasteiger partial charge in [-0.15, -0.1) is 5.10 Å². The largest absolute Gasteiger partial charge is 0.420 e. The molecule has 0 radical (unpaired) electrons. The van der Waals surface area contributed by atoms with Gasteiger partial charge >= 0.3 is 6.18 Å². The lowest BCUT2D eigenvalue weighted by atomic mass is 9.91. The first-order valence-corrected chi connectivity index (χ1v) is 11.1. The number of fused-ring (bicyclic) bond motifs is 1. The molecule has 3 aromatic rings. The van der Waals surface area contributed by atoms with Gasteiger partial charge in [-0.2, -0.15) is 13.2 Å². The fourth-order valence-corrected chi connectivity index (χ4v) is 4.16. The Hall–Kier alpha value is -2.40. The van der Waals surface area contributed by atoms with E-state index in [1.165, 1.54) is 0 Å². The lowest BCUT2D eigenvalue weighted by molar-refractivity contribution is -0.137. The maximum absolute atomic E-state index is 14.0. The highest BCUT2D eigenvalue weighted by Gasteiger charge is 2.37. The molecule has 1 aliphatic rings. The Labute approximate surface area is 192 Å². The van der Waals surface area contributed by atoms with E-state index in [-0.39, 0.29) is 23.2 Å². The van der Waals surface area contributed by atoms with Crippen LogP contribution < -0.4 is 15.5 Å². The second-order valence-corrected chi connectivity index (χ2v) is 9.78. The van der Waals surface area contributed by atoms with E-state index >= 15 is 0 Å². The lowest BCUT2D eigenvalue weighted by Gasteiger charge is -2.36. The topological polar surface area (TPSA) is 70.4 Å². The smallest absolute Gasteiger partial charge is 0.361 e. The van der Waals surface area contributed by atoms with Crippen LogP contribution in [0.1, 0.15) is 32.3 Å². The van der Waals surface area contributed by atoms with E-state index in [0.717, 1.165) is 23.5 Å². The average molecular weight is 512 g/mol. The minimum atomic E-state index is -4.61. The van der Waals surface area contributed by atoms with Crippen LogP contribution in [0.4, 0.5) is 24.9 Å². The molecule has 2 N–H and O–H groups in total. The number of hydrogen-bond donors (Lipinski definition) is 2. The van der Waals surface area contributed by atoms with Crippen LogP contribution in [0.2, 0.25) is 0 Å². The number of alkyl halides is 3. The van der Waals surface area contributed by atoms with Crippen LogP contribution in [0.5, 0.6) is 0 Å². The van der Waals surface area contributed by atoms with Gasteiger partial charge in [-0.1, -0.05) is 0 Å². The molecule has 1 fully saturated rings. The minimum Gasteiger partial charge on any atom is -0.361 e. The summed E-state index contributed by atoms with van der Waals surface area (Å²) in [7, 11) is 3.48. The van der Waals surface area contributed by atoms with E-state index in [2.05, 4.69) is 55.5 Å². The molecule has 7 nitrogen and oxygen atoms in total. The summed E-state index contributed by atoms with van der Waals surface area (Å²) >= 11 is 3.38. The predicted octanol–water partition coefficient (Wildman–Crippen LogP) is 4.58. The number of nitrogens with one attached hydrogen (secondary N) is 2. The Balaban J connectivity index is 1.82. The van der Waals surface area contributed by atoms with Gasteiger partial charge in [0.2, 0.25) is 5.95 Å². The molecule has 0 aliphatic carbocycles. The number of anilines is 2. The Morgan fingerprint density at radius 2 is 2.03 bits per heavy atom. The second-order valence-electron chi connectivity index (χ2n) is 8.87. The predicted molar refractivity (Wildman–Crippen MR) is 122 cm³/mol.